The fourth-order valence-electron chi connectivity index (χ4n) is 2.60. The molecular formula is C11H18N4OS. The van der Waals surface area contributed by atoms with Crippen LogP contribution in [0.25, 0.3) is 0 Å². The van der Waals surface area contributed by atoms with E-state index in [1.807, 2.05) is 4.68 Å². The molecule has 1 saturated heterocycles. The molecule has 1 aliphatic carbocycles. The standard InChI is InChI=1S/C11H18N4OS/c1-2-5-9(4-1)15-11(12-13-14-15)17-8-10-6-3-7-16-10/h9-10H,1-8H2. The van der Waals surface area contributed by atoms with Crippen LogP contribution in [0.5, 0.6) is 0 Å². The molecule has 1 unspecified atom stereocenters. The van der Waals surface area contributed by atoms with Crippen molar-refractivity contribution in [3.05, 3.63) is 0 Å². The van der Waals surface area contributed by atoms with Crippen LogP contribution in [0.4, 0.5) is 0 Å². The van der Waals surface area contributed by atoms with E-state index in [1.165, 1.54) is 38.5 Å². The van der Waals surface area contributed by atoms with Gasteiger partial charge in [-0.1, -0.05) is 24.6 Å². The molecule has 1 atom stereocenters. The molecule has 0 N–H and O–H groups in total. The van der Waals surface area contributed by atoms with E-state index in [4.69, 9.17) is 4.74 Å². The summed E-state index contributed by atoms with van der Waals surface area (Å²) in [5, 5.41) is 13.0. The van der Waals surface area contributed by atoms with Gasteiger partial charge in [0.1, 0.15) is 0 Å². The first kappa shape index (κ1) is 11.5. The summed E-state index contributed by atoms with van der Waals surface area (Å²) in [5.74, 6) is 0.979. The van der Waals surface area contributed by atoms with Gasteiger partial charge < -0.3 is 4.74 Å². The minimum Gasteiger partial charge on any atom is -0.377 e. The second kappa shape index (κ2) is 5.35. The second-order valence-corrected chi connectivity index (χ2v) is 5.78. The maximum atomic E-state index is 5.62. The zero-order valence-corrected chi connectivity index (χ0v) is 10.7. The highest BCUT2D eigenvalue weighted by molar-refractivity contribution is 7.99. The van der Waals surface area contributed by atoms with Crippen molar-refractivity contribution in [1.29, 1.82) is 0 Å². The number of ether oxygens (including phenoxy) is 1. The molecule has 0 amide bonds. The van der Waals surface area contributed by atoms with Gasteiger partial charge in [-0.15, -0.1) is 5.10 Å². The van der Waals surface area contributed by atoms with Crippen LogP contribution < -0.4 is 0 Å². The van der Waals surface area contributed by atoms with Crippen LogP contribution in [0, 0.1) is 0 Å². The van der Waals surface area contributed by atoms with Crippen molar-refractivity contribution in [2.75, 3.05) is 12.4 Å². The fourth-order valence-corrected chi connectivity index (χ4v) is 3.61. The van der Waals surface area contributed by atoms with Gasteiger partial charge in [-0.3, -0.25) is 0 Å². The smallest absolute Gasteiger partial charge is 0.209 e. The Morgan fingerprint density at radius 3 is 2.88 bits per heavy atom. The third kappa shape index (κ3) is 2.63. The topological polar surface area (TPSA) is 52.8 Å². The molecule has 17 heavy (non-hydrogen) atoms. The molecule has 2 aliphatic rings. The average molecular weight is 254 g/mol. The van der Waals surface area contributed by atoms with Gasteiger partial charge in [-0.25, -0.2) is 4.68 Å². The molecule has 2 fully saturated rings. The first-order valence-electron chi connectivity index (χ1n) is 6.46. The Labute approximate surface area is 105 Å². The predicted molar refractivity (Wildman–Crippen MR) is 65.0 cm³/mol. The molecule has 94 valence electrons. The first-order chi connectivity index (χ1) is 8.43. The SMILES string of the molecule is C1COC(CSc2nnnn2C2CCCC2)C1. The number of hydrogen-bond acceptors (Lipinski definition) is 5. The van der Waals surface area contributed by atoms with Crippen molar-refractivity contribution in [3.63, 3.8) is 0 Å². The molecule has 6 heteroatoms. The van der Waals surface area contributed by atoms with Gasteiger partial charge in [0.15, 0.2) is 0 Å². The summed E-state index contributed by atoms with van der Waals surface area (Å²) < 4.78 is 7.64. The van der Waals surface area contributed by atoms with E-state index in [9.17, 15) is 0 Å². The Balaban J connectivity index is 1.60. The number of aromatic nitrogens is 4. The lowest BCUT2D eigenvalue weighted by molar-refractivity contribution is 0.129. The van der Waals surface area contributed by atoms with Crippen LogP contribution >= 0.6 is 11.8 Å². The molecule has 3 rings (SSSR count). The lowest BCUT2D eigenvalue weighted by atomic mass is 10.3. The molecule has 1 saturated carbocycles. The lowest BCUT2D eigenvalue weighted by Gasteiger charge is -2.12. The lowest BCUT2D eigenvalue weighted by Crippen LogP contribution is -2.11. The highest BCUT2D eigenvalue weighted by atomic mass is 32.2. The Morgan fingerprint density at radius 1 is 1.24 bits per heavy atom. The van der Waals surface area contributed by atoms with Crippen molar-refractivity contribution in [3.8, 4) is 0 Å². The monoisotopic (exact) mass is 254 g/mol. The largest absolute Gasteiger partial charge is 0.377 e. The summed E-state index contributed by atoms with van der Waals surface area (Å²) in [6.07, 6.45) is 7.82. The summed E-state index contributed by atoms with van der Waals surface area (Å²) in [6.45, 7) is 0.915. The molecule has 0 aromatic carbocycles. The number of nitrogens with zero attached hydrogens (tertiary/aromatic N) is 4. The number of tetrazole rings is 1. The van der Waals surface area contributed by atoms with Gasteiger partial charge in [0.2, 0.25) is 5.16 Å². The maximum Gasteiger partial charge on any atom is 0.209 e. The van der Waals surface area contributed by atoms with E-state index in [0.29, 0.717) is 12.1 Å². The second-order valence-electron chi connectivity index (χ2n) is 4.79. The van der Waals surface area contributed by atoms with E-state index >= 15 is 0 Å². The van der Waals surface area contributed by atoms with Gasteiger partial charge in [0, 0.05) is 12.4 Å². The zero-order valence-electron chi connectivity index (χ0n) is 9.92. The highest BCUT2D eigenvalue weighted by Crippen LogP contribution is 2.32. The van der Waals surface area contributed by atoms with Crippen molar-refractivity contribution < 1.29 is 4.74 Å². The summed E-state index contributed by atoms with van der Waals surface area (Å²) in [5.41, 5.74) is 0. The van der Waals surface area contributed by atoms with Crippen molar-refractivity contribution in [2.45, 2.75) is 55.8 Å². The van der Waals surface area contributed by atoms with Gasteiger partial charge in [0.25, 0.3) is 0 Å². The van der Waals surface area contributed by atoms with E-state index in [-0.39, 0.29) is 0 Å². The molecule has 0 bridgehead atoms. The third-order valence-corrected chi connectivity index (χ3v) is 4.62. The Morgan fingerprint density at radius 2 is 2.12 bits per heavy atom. The quantitative estimate of drug-likeness (QED) is 0.770. The van der Waals surface area contributed by atoms with Crippen molar-refractivity contribution in [2.24, 2.45) is 0 Å². The minimum atomic E-state index is 0.397. The minimum absolute atomic E-state index is 0.397. The van der Waals surface area contributed by atoms with Gasteiger partial charge >= 0.3 is 0 Å². The summed E-state index contributed by atoms with van der Waals surface area (Å²) >= 11 is 1.74. The molecule has 5 nitrogen and oxygen atoms in total. The molecule has 1 aromatic heterocycles. The summed E-state index contributed by atoms with van der Waals surface area (Å²) in [4.78, 5) is 0. The molecular weight excluding hydrogens is 236 g/mol. The fraction of sp³-hybridized carbons (Fsp3) is 0.909. The van der Waals surface area contributed by atoms with Crippen LogP contribution in [0.1, 0.15) is 44.6 Å². The van der Waals surface area contributed by atoms with E-state index in [2.05, 4.69) is 15.5 Å². The molecule has 0 spiro atoms. The normalized spacial score (nSPS) is 25.8. The molecule has 1 aliphatic heterocycles. The van der Waals surface area contributed by atoms with Gasteiger partial charge in [-0.05, 0) is 36.1 Å². The van der Waals surface area contributed by atoms with Crippen LogP contribution in [0.2, 0.25) is 0 Å². The Kier molecular flexibility index (Phi) is 3.61. The van der Waals surface area contributed by atoms with Gasteiger partial charge in [-0.2, -0.15) is 0 Å². The Hall–Kier alpha value is -0.620. The van der Waals surface area contributed by atoms with Gasteiger partial charge in [0.05, 0.1) is 12.1 Å². The highest BCUT2D eigenvalue weighted by Gasteiger charge is 2.23. The first-order valence-corrected chi connectivity index (χ1v) is 7.44. The Bertz CT molecular complexity index is 358. The van der Waals surface area contributed by atoms with Crippen LogP contribution in [0.3, 0.4) is 0 Å². The summed E-state index contributed by atoms with van der Waals surface area (Å²) in [7, 11) is 0. The van der Waals surface area contributed by atoms with Crippen molar-refractivity contribution in [1.82, 2.24) is 20.2 Å². The van der Waals surface area contributed by atoms with E-state index in [0.717, 1.165) is 17.5 Å². The van der Waals surface area contributed by atoms with Crippen LogP contribution in [-0.2, 0) is 4.74 Å². The van der Waals surface area contributed by atoms with E-state index in [1.54, 1.807) is 11.8 Å². The van der Waals surface area contributed by atoms with Crippen molar-refractivity contribution >= 4 is 11.8 Å². The zero-order chi connectivity index (χ0) is 11.5. The molecule has 0 radical (unpaired) electrons. The average Bonchev–Trinajstić information content (AvgIpc) is 3.09. The van der Waals surface area contributed by atoms with Crippen LogP contribution in [-0.4, -0.2) is 38.7 Å². The van der Waals surface area contributed by atoms with Crippen LogP contribution in [0.15, 0.2) is 5.16 Å². The number of thioether (sulfide) groups is 1. The summed E-state index contributed by atoms with van der Waals surface area (Å²) in [6, 6.07) is 0.525. The molecule has 1 aromatic rings. The number of hydrogen-bond donors (Lipinski definition) is 0. The third-order valence-electron chi connectivity index (χ3n) is 3.56. The number of rotatable bonds is 4. The predicted octanol–water partition coefficient (Wildman–Crippen LogP) is 2.06. The van der Waals surface area contributed by atoms with E-state index < -0.39 is 0 Å². The molecule has 2 heterocycles. The maximum absolute atomic E-state index is 5.62.